The molecule has 6 rings (SSSR count). The maximum atomic E-state index is 4.93. The molecule has 0 aliphatic carbocycles. The molecule has 0 amide bonds. The van der Waals surface area contributed by atoms with Gasteiger partial charge in [0.05, 0.1) is 22.4 Å². The van der Waals surface area contributed by atoms with Gasteiger partial charge in [-0.05, 0) is 43.7 Å². The third-order valence-corrected chi connectivity index (χ3v) is 7.05. The first-order valence-electron chi connectivity index (χ1n) is 10.3. The summed E-state index contributed by atoms with van der Waals surface area (Å²) < 4.78 is 2.33. The van der Waals surface area contributed by atoms with E-state index in [0.29, 0.717) is 6.04 Å². The van der Waals surface area contributed by atoms with Gasteiger partial charge in [0.15, 0.2) is 0 Å². The number of anilines is 2. The van der Waals surface area contributed by atoms with Crippen LogP contribution in [-0.4, -0.2) is 20.6 Å². The third kappa shape index (κ3) is 2.04. The van der Waals surface area contributed by atoms with Crippen molar-refractivity contribution in [2.45, 2.75) is 45.6 Å². The topological polar surface area (TPSA) is 34.0 Å². The van der Waals surface area contributed by atoms with Gasteiger partial charge in [0.25, 0.3) is 0 Å². The minimum atomic E-state index is 0.0393. The quantitative estimate of drug-likeness (QED) is 0.388. The molecule has 2 aliphatic heterocycles. The van der Waals surface area contributed by atoms with Crippen molar-refractivity contribution in [1.82, 2.24) is 14.5 Å². The van der Waals surface area contributed by atoms with Crippen molar-refractivity contribution in [3.63, 3.8) is 0 Å². The second kappa shape index (κ2) is 5.47. The molecule has 0 N–H and O–H groups in total. The predicted molar refractivity (Wildman–Crippen MR) is 117 cm³/mol. The van der Waals surface area contributed by atoms with Gasteiger partial charge < -0.3 is 4.90 Å². The number of nitrogens with zero attached hydrogens (tertiary/aromatic N) is 4. The number of hydrogen-bond acceptors (Lipinski definition) is 3. The molecule has 2 aromatic carbocycles. The number of fused-ring (bicyclic) bond motifs is 6. The molecule has 0 spiro atoms. The number of aryl methyl sites for hydroxylation is 1. The number of aromatic nitrogens is 3. The molecule has 144 valence electrons. The highest BCUT2D eigenvalue weighted by atomic mass is 15.3. The summed E-state index contributed by atoms with van der Waals surface area (Å²) in [7, 11) is 0. The Kier molecular flexibility index (Phi) is 3.17. The van der Waals surface area contributed by atoms with Crippen molar-refractivity contribution in [3.05, 3.63) is 77.2 Å². The van der Waals surface area contributed by atoms with E-state index in [0.717, 1.165) is 23.6 Å². The number of rotatable bonds is 1. The first-order chi connectivity index (χ1) is 14.0. The fourth-order valence-electron chi connectivity index (χ4n) is 5.21. The lowest BCUT2D eigenvalue weighted by Gasteiger charge is -2.33. The summed E-state index contributed by atoms with van der Waals surface area (Å²) in [6, 6.07) is 17.5. The Morgan fingerprint density at radius 2 is 1.86 bits per heavy atom. The van der Waals surface area contributed by atoms with E-state index in [1.165, 1.54) is 33.6 Å². The fourth-order valence-corrected chi connectivity index (χ4v) is 5.21. The van der Waals surface area contributed by atoms with Gasteiger partial charge in [-0.2, -0.15) is 0 Å². The van der Waals surface area contributed by atoms with E-state index in [1.54, 1.807) is 0 Å². The van der Waals surface area contributed by atoms with Crippen LogP contribution in [0, 0.1) is 6.92 Å². The summed E-state index contributed by atoms with van der Waals surface area (Å²) in [6.45, 7) is 9.20. The fraction of sp³-hybridized carbons (Fsp3) is 0.280. The SMILES string of the molecule is Cc1ccc2c(c1N1c3ncccc3C(C)(C)C1C)Cc1nc3ccccc3n1-2. The van der Waals surface area contributed by atoms with Gasteiger partial charge in [0, 0.05) is 35.2 Å². The van der Waals surface area contributed by atoms with Crippen LogP contribution < -0.4 is 4.90 Å². The first kappa shape index (κ1) is 16.8. The molecule has 4 heterocycles. The van der Waals surface area contributed by atoms with Crippen LogP contribution in [0.15, 0.2) is 54.7 Å². The lowest BCUT2D eigenvalue weighted by atomic mass is 9.82. The molecule has 29 heavy (non-hydrogen) atoms. The summed E-state index contributed by atoms with van der Waals surface area (Å²) in [5.74, 6) is 2.22. The predicted octanol–water partition coefficient (Wildman–Crippen LogP) is 5.45. The Bertz CT molecular complexity index is 1300. The maximum Gasteiger partial charge on any atom is 0.137 e. The van der Waals surface area contributed by atoms with Crippen LogP contribution in [-0.2, 0) is 11.8 Å². The Morgan fingerprint density at radius 3 is 2.72 bits per heavy atom. The van der Waals surface area contributed by atoms with Crippen LogP contribution in [0.3, 0.4) is 0 Å². The van der Waals surface area contributed by atoms with Gasteiger partial charge in [-0.25, -0.2) is 9.97 Å². The zero-order valence-electron chi connectivity index (χ0n) is 17.3. The van der Waals surface area contributed by atoms with Gasteiger partial charge in [-0.15, -0.1) is 0 Å². The molecule has 0 fully saturated rings. The van der Waals surface area contributed by atoms with Gasteiger partial charge in [-0.1, -0.05) is 38.1 Å². The smallest absolute Gasteiger partial charge is 0.137 e. The van der Waals surface area contributed by atoms with E-state index in [2.05, 4.69) is 85.7 Å². The van der Waals surface area contributed by atoms with Gasteiger partial charge >= 0.3 is 0 Å². The standard InChI is InChI=1S/C25H24N4/c1-15-11-12-20-17(14-22-27-19-9-5-6-10-21(19)29(20)22)23(15)28-16(2)25(3,4)18-8-7-13-26-24(18)28/h5-13,16H,14H2,1-4H3. The van der Waals surface area contributed by atoms with E-state index in [-0.39, 0.29) is 5.41 Å². The molecule has 1 atom stereocenters. The summed E-state index contributed by atoms with van der Waals surface area (Å²) >= 11 is 0. The van der Waals surface area contributed by atoms with E-state index in [1.807, 2.05) is 6.20 Å². The highest BCUT2D eigenvalue weighted by molar-refractivity contribution is 5.84. The Morgan fingerprint density at radius 1 is 1.03 bits per heavy atom. The maximum absolute atomic E-state index is 4.93. The van der Waals surface area contributed by atoms with Crippen molar-refractivity contribution in [2.24, 2.45) is 0 Å². The average molecular weight is 380 g/mol. The van der Waals surface area contributed by atoms with Crippen LogP contribution >= 0.6 is 0 Å². The summed E-state index contributed by atoms with van der Waals surface area (Å²) in [4.78, 5) is 12.2. The second-order valence-electron chi connectivity index (χ2n) is 8.90. The van der Waals surface area contributed by atoms with Crippen LogP contribution in [0.2, 0.25) is 0 Å². The molecule has 4 aromatic rings. The van der Waals surface area contributed by atoms with Crippen LogP contribution in [0.4, 0.5) is 11.5 Å². The Hall–Kier alpha value is -3.14. The summed E-state index contributed by atoms with van der Waals surface area (Å²) in [6.07, 6.45) is 2.77. The first-order valence-corrected chi connectivity index (χ1v) is 10.3. The number of imidazole rings is 1. The molecule has 0 bridgehead atoms. The Balaban J connectivity index is 1.61. The molecular formula is C25H24N4. The minimum absolute atomic E-state index is 0.0393. The van der Waals surface area contributed by atoms with Gasteiger partial charge in [0.2, 0.25) is 0 Å². The summed E-state index contributed by atoms with van der Waals surface area (Å²) in [5, 5.41) is 0. The van der Waals surface area contributed by atoms with E-state index in [9.17, 15) is 0 Å². The number of pyridine rings is 1. The zero-order chi connectivity index (χ0) is 19.9. The molecular weight excluding hydrogens is 356 g/mol. The molecule has 2 aliphatic rings. The number of hydrogen-bond donors (Lipinski definition) is 0. The largest absolute Gasteiger partial charge is 0.322 e. The molecule has 0 saturated heterocycles. The number of para-hydroxylation sites is 2. The normalized spacial score (nSPS) is 18.8. The van der Waals surface area contributed by atoms with E-state index < -0.39 is 0 Å². The van der Waals surface area contributed by atoms with E-state index >= 15 is 0 Å². The van der Waals surface area contributed by atoms with E-state index in [4.69, 9.17) is 9.97 Å². The van der Waals surface area contributed by atoms with Crippen LogP contribution in [0.1, 0.15) is 43.3 Å². The van der Waals surface area contributed by atoms with Crippen LogP contribution in [0.5, 0.6) is 0 Å². The van der Waals surface area contributed by atoms with Crippen molar-refractivity contribution in [2.75, 3.05) is 4.90 Å². The minimum Gasteiger partial charge on any atom is -0.322 e. The highest BCUT2D eigenvalue weighted by Crippen LogP contribution is 2.51. The van der Waals surface area contributed by atoms with Crippen molar-refractivity contribution >= 4 is 22.5 Å². The van der Waals surface area contributed by atoms with Crippen LogP contribution in [0.25, 0.3) is 16.7 Å². The van der Waals surface area contributed by atoms with Gasteiger partial charge in [-0.3, -0.25) is 4.57 Å². The zero-order valence-corrected chi connectivity index (χ0v) is 17.3. The molecule has 4 heteroatoms. The lowest BCUT2D eigenvalue weighted by molar-refractivity contribution is 0.461. The summed E-state index contributed by atoms with van der Waals surface area (Å²) in [5.41, 5.74) is 8.82. The molecule has 1 unspecified atom stereocenters. The highest BCUT2D eigenvalue weighted by Gasteiger charge is 2.45. The number of benzene rings is 2. The van der Waals surface area contributed by atoms with Crippen molar-refractivity contribution in [3.8, 4) is 5.69 Å². The third-order valence-electron chi connectivity index (χ3n) is 7.05. The second-order valence-corrected chi connectivity index (χ2v) is 8.90. The molecule has 0 radical (unpaired) electrons. The average Bonchev–Trinajstić information content (AvgIpc) is 3.31. The Labute approximate surface area is 170 Å². The van der Waals surface area contributed by atoms with Crippen molar-refractivity contribution in [1.29, 1.82) is 0 Å². The van der Waals surface area contributed by atoms with Crippen molar-refractivity contribution < 1.29 is 0 Å². The molecule has 0 saturated carbocycles. The monoisotopic (exact) mass is 380 g/mol. The van der Waals surface area contributed by atoms with Gasteiger partial charge in [0.1, 0.15) is 11.6 Å². The molecule has 4 nitrogen and oxygen atoms in total. The lowest BCUT2D eigenvalue weighted by Crippen LogP contribution is -2.37. The molecule has 2 aromatic heterocycles.